The minimum atomic E-state index is -0.964. The van der Waals surface area contributed by atoms with Gasteiger partial charge < -0.3 is 15.7 Å². The molecule has 0 spiro atoms. The lowest BCUT2D eigenvalue weighted by atomic mass is 9.77. The number of nitrogens with one attached hydrogen (secondary N) is 2. The molecule has 1 fully saturated rings. The first-order chi connectivity index (χ1) is 8.43. The Kier molecular flexibility index (Phi) is 5.14. The molecule has 2 atom stereocenters. The van der Waals surface area contributed by atoms with Crippen LogP contribution in [0.4, 0.5) is 0 Å². The van der Waals surface area contributed by atoms with Crippen LogP contribution in [0.2, 0.25) is 0 Å². The first kappa shape index (κ1) is 15.0. The molecule has 0 saturated carbocycles. The van der Waals surface area contributed by atoms with Crippen LogP contribution in [0.15, 0.2) is 0 Å². The molecule has 5 nitrogen and oxygen atoms in total. The molecule has 2 unspecified atom stereocenters. The minimum Gasteiger partial charge on any atom is -0.480 e. The molecular formula is C13H24N2O3. The Labute approximate surface area is 108 Å². The van der Waals surface area contributed by atoms with Crippen LogP contribution in [0, 0.1) is 11.3 Å². The van der Waals surface area contributed by atoms with E-state index in [0.29, 0.717) is 6.54 Å². The third-order valence-corrected chi connectivity index (χ3v) is 3.85. The van der Waals surface area contributed by atoms with Gasteiger partial charge >= 0.3 is 5.97 Å². The number of carbonyl (C=O) groups excluding carboxylic acids is 1. The van der Waals surface area contributed by atoms with Gasteiger partial charge in [-0.3, -0.25) is 4.79 Å². The van der Waals surface area contributed by atoms with Crippen molar-refractivity contribution in [3.63, 3.8) is 0 Å². The van der Waals surface area contributed by atoms with Gasteiger partial charge in [-0.15, -0.1) is 0 Å². The van der Waals surface area contributed by atoms with Crippen molar-refractivity contribution in [1.29, 1.82) is 0 Å². The fraction of sp³-hybridized carbons (Fsp3) is 0.846. The van der Waals surface area contributed by atoms with Crippen molar-refractivity contribution in [2.24, 2.45) is 11.3 Å². The number of aliphatic carboxylic acids is 1. The number of carbonyl (C=O) groups is 2. The van der Waals surface area contributed by atoms with Gasteiger partial charge in [-0.2, -0.15) is 0 Å². The topological polar surface area (TPSA) is 78.4 Å². The maximum absolute atomic E-state index is 12.4. The number of hydrogen-bond acceptors (Lipinski definition) is 3. The molecule has 0 aromatic carbocycles. The van der Waals surface area contributed by atoms with Crippen molar-refractivity contribution in [1.82, 2.24) is 10.6 Å². The molecule has 104 valence electrons. The van der Waals surface area contributed by atoms with E-state index < -0.39 is 17.4 Å². The van der Waals surface area contributed by atoms with Crippen LogP contribution in [0.25, 0.3) is 0 Å². The Balaban J connectivity index is 2.75. The van der Waals surface area contributed by atoms with E-state index in [9.17, 15) is 9.59 Å². The van der Waals surface area contributed by atoms with E-state index in [0.717, 1.165) is 25.8 Å². The Hall–Kier alpha value is -1.10. The highest BCUT2D eigenvalue weighted by atomic mass is 16.4. The average Bonchev–Trinajstić information content (AvgIpc) is 2.35. The van der Waals surface area contributed by atoms with Gasteiger partial charge in [0.2, 0.25) is 5.91 Å². The molecule has 0 bridgehead atoms. The van der Waals surface area contributed by atoms with Crippen LogP contribution in [-0.4, -0.2) is 36.1 Å². The van der Waals surface area contributed by atoms with E-state index in [-0.39, 0.29) is 11.8 Å². The van der Waals surface area contributed by atoms with Crippen LogP contribution >= 0.6 is 0 Å². The van der Waals surface area contributed by atoms with Gasteiger partial charge in [0.05, 0.1) is 5.41 Å². The fourth-order valence-corrected chi connectivity index (χ4v) is 2.43. The molecule has 1 rings (SSSR count). The van der Waals surface area contributed by atoms with Crippen molar-refractivity contribution in [2.45, 2.75) is 46.1 Å². The molecule has 0 aromatic rings. The van der Waals surface area contributed by atoms with Gasteiger partial charge in [-0.05, 0) is 31.7 Å². The standard InChI is InChI=1S/C13H24N2O3/c1-4-13(6-5-7-14-8-13)12(18)15-10(9(2)3)11(16)17/h9-10,14H,4-8H2,1-3H3,(H,15,18)(H,16,17). The van der Waals surface area contributed by atoms with Crippen LogP contribution in [0.3, 0.4) is 0 Å². The van der Waals surface area contributed by atoms with Crippen molar-refractivity contribution < 1.29 is 14.7 Å². The largest absolute Gasteiger partial charge is 0.480 e. The van der Waals surface area contributed by atoms with Crippen LogP contribution in [0.1, 0.15) is 40.0 Å². The summed E-state index contributed by atoms with van der Waals surface area (Å²) in [5.41, 5.74) is -0.444. The molecular weight excluding hydrogens is 232 g/mol. The van der Waals surface area contributed by atoms with E-state index >= 15 is 0 Å². The number of carboxylic acids is 1. The third kappa shape index (κ3) is 3.22. The number of hydrogen-bond donors (Lipinski definition) is 3. The van der Waals surface area contributed by atoms with Gasteiger partial charge in [0, 0.05) is 6.54 Å². The number of rotatable bonds is 5. The highest BCUT2D eigenvalue weighted by Gasteiger charge is 2.39. The monoisotopic (exact) mass is 256 g/mol. The molecule has 1 amide bonds. The quantitative estimate of drug-likeness (QED) is 0.685. The molecule has 3 N–H and O–H groups in total. The smallest absolute Gasteiger partial charge is 0.326 e. The second-order valence-corrected chi connectivity index (χ2v) is 5.45. The lowest BCUT2D eigenvalue weighted by molar-refractivity contribution is -0.145. The van der Waals surface area contributed by atoms with Gasteiger partial charge in [-0.1, -0.05) is 20.8 Å². The Morgan fingerprint density at radius 3 is 2.50 bits per heavy atom. The van der Waals surface area contributed by atoms with Gasteiger partial charge in [-0.25, -0.2) is 4.79 Å². The zero-order chi connectivity index (χ0) is 13.8. The Morgan fingerprint density at radius 1 is 1.44 bits per heavy atom. The number of carboxylic acid groups (broad SMARTS) is 1. The van der Waals surface area contributed by atoms with Gasteiger partial charge in [0.1, 0.15) is 6.04 Å². The van der Waals surface area contributed by atoms with Crippen LogP contribution < -0.4 is 10.6 Å². The maximum atomic E-state index is 12.4. The summed E-state index contributed by atoms with van der Waals surface area (Å²) in [7, 11) is 0. The van der Waals surface area contributed by atoms with E-state index in [2.05, 4.69) is 10.6 Å². The fourth-order valence-electron chi connectivity index (χ4n) is 2.43. The average molecular weight is 256 g/mol. The van der Waals surface area contributed by atoms with Crippen LogP contribution in [-0.2, 0) is 9.59 Å². The summed E-state index contributed by atoms with van der Waals surface area (Å²) in [6.07, 6.45) is 2.52. The molecule has 5 heteroatoms. The molecule has 18 heavy (non-hydrogen) atoms. The molecule has 1 heterocycles. The Morgan fingerprint density at radius 2 is 2.11 bits per heavy atom. The zero-order valence-electron chi connectivity index (χ0n) is 11.5. The summed E-state index contributed by atoms with van der Waals surface area (Å²) < 4.78 is 0. The van der Waals surface area contributed by atoms with E-state index in [4.69, 9.17) is 5.11 Å². The summed E-state index contributed by atoms with van der Waals surface area (Å²) in [4.78, 5) is 23.5. The maximum Gasteiger partial charge on any atom is 0.326 e. The summed E-state index contributed by atoms with van der Waals surface area (Å²) in [6, 6.07) is -0.803. The van der Waals surface area contributed by atoms with E-state index in [1.807, 2.05) is 6.92 Å². The first-order valence-electron chi connectivity index (χ1n) is 6.67. The molecule has 0 aromatic heterocycles. The highest BCUT2D eigenvalue weighted by Crippen LogP contribution is 2.30. The zero-order valence-corrected chi connectivity index (χ0v) is 11.5. The van der Waals surface area contributed by atoms with Crippen molar-refractivity contribution >= 4 is 11.9 Å². The molecule has 0 aliphatic carbocycles. The highest BCUT2D eigenvalue weighted by molar-refractivity contribution is 5.87. The first-order valence-corrected chi connectivity index (χ1v) is 6.67. The predicted molar refractivity (Wildman–Crippen MR) is 69.2 cm³/mol. The lowest BCUT2D eigenvalue weighted by Crippen LogP contribution is -2.55. The van der Waals surface area contributed by atoms with E-state index in [1.54, 1.807) is 13.8 Å². The summed E-state index contributed by atoms with van der Waals surface area (Å²) in [5, 5.41) is 15.0. The van der Waals surface area contributed by atoms with Crippen molar-refractivity contribution in [3.8, 4) is 0 Å². The summed E-state index contributed by atoms with van der Waals surface area (Å²) in [5.74, 6) is -1.21. The SMILES string of the molecule is CCC1(C(=O)NC(C(=O)O)C(C)C)CCCNC1. The molecule has 1 aliphatic rings. The van der Waals surface area contributed by atoms with Crippen LogP contribution in [0.5, 0.6) is 0 Å². The second kappa shape index (κ2) is 6.18. The predicted octanol–water partition coefficient (Wildman–Crippen LogP) is 0.992. The van der Waals surface area contributed by atoms with Gasteiger partial charge in [0.25, 0.3) is 0 Å². The number of amides is 1. The second-order valence-electron chi connectivity index (χ2n) is 5.45. The van der Waals surface area contributed by atoms with Crippen molar-refractivity contribution in [3.05, 3.63) is 0 Å². The lowest BCUT2D eigenvalue weighted by Gasteiger charge is -2.36. The molecule has 0 radical (unpaired) electrons. The number of piperidine rings is 1. The van der Waals surface area contributed by atoms with E-state index in [1.165, 1.54) is 0 Å². The molecule has 1 aliphatic heterocycles. The summed E-state index contributed by atoms with van der Waals surface area (Å²) in [6.45, 7) is 7.16. The van der Waals surface area contributed by atoms with Crippen molar-refractivity contribution in [2.75, 3.05) is 13.1 Å². The third-order valence-electron chi connectivity index (χ3n) is 3.85. The summed E-state index contributed by atoms with van der Waals surface area (Å²) >= 11 is 0. The normalized spacial score (nSPS) is 25.8. The molecule has 1 saturated heterocycles. The minimum absolute atomic E-state index is 0.114. The Bertz CT molecular complexity index is 309. The van der Waals surface area contributed by atoms with Gasteiger partial charge in [0.15, 0.2) is 0 Å².